The van der Waals surface area contributed by atoms with Crippen LogP contribution >= 0.6 is 0 Å². The van der Waals surface area contributed by atoms with Crippen molar-refractivity contribution in [1.29, 1.82) is 0 Å². The van der Waals surface area contributed by atoms with Gasteiger partial charge in [0, 0.05) is 17.8 Å². The number of rotatable bonds is 12. The maximum atomic E-state index is 13.7. The quantitative estimate of drug-likeness (QED) is 0.167. The lowest BCUT2D eigenvalue weighted by Crippen LogP contribution is -2.39. The highest BCUT2D eigenvalue weighted by molar-refractivity contribution is 5.91. The highest BCUT2D eigenvalue weighted by Gasteiger charge is 2.58. The van der Waals surface area contributed by atoms with Crippen molar-refractivity contribution in [2.45, 2.75) is 43.6 Å². The summed E-state index contributed by atoms with van der Waals surface area (Å²) in [5, 5.41) is 0. The number of fused-ring (bicyclic) bond motifs is 2. The Morgan fingerprint density at radius 1 is 1.11 bits per heavy atom. The molecule has 0 N–H and O–H groups in total. The number of para-hydroxylation sites is 1. The van der Waals surface area contributed by atoms with Gasteiger partial charge in [-0.15, -0.1) is 0 Å². The number of allylic oxidation sites excluding steroid dienone is 2. The van der Waals surface area contributed by atoms with Gasteiger partial charge >= 0.3 is 5.97 Å². The minimum Gasteiger partial charge on any atom is -0.485 e. The number of carbonyl (C=O) groups is 2. The van der Waals surface area contributed by atoms with Gasteiger partial charge in [-0.25, -0.2) is 4.39 Å². The topological polar surface area (TPSA) is 61.8 Å². The molecule has 1 aliphatic heterocycles. The van der Waals surface area contributed by atoms with Crippen LogP contribution in [0.15, 0.2) is 78.9 Å². The number of ketones is 1. The molecule has 2 aromatic carbocycles. The number of carbonyl (C=O) groups excluding carboxylic acids is 2. The number of esters is 1. The molecule has 6 heteroatoms. The van der Waals surface area contributed by atoms with Crippen molar-refractivity contribution < 1.29 is 28.2 Å². The summed E-state index contributed by atoms with van der Waals surface area (Å²) in [6, 6.07) is 16.0. The van der Waals surface area contributed by atoms with Crippen LogP contribution in [0.3, 0.4) is 0 Å². The summed E-state index contributed by atoms with van der Waals surface area (Å²) in [6.07, 6.45) is 11.4. The Balaban J connectivity index is 1.45. The van der Waals surface area contributed by atoms with Gasteiger partial charge in [-0.3, -0.25) is 9.59 Å². The maximum Gasteiger partial charge on any atom is 0.305 e. The maximum absolute atomic E-state index is 13.7. The Morgan fingerprint density at radius 2 is 1.89 bits per heavy atom. The number of hydrogen-bond donors (Lipinski definition) is 0. The van der Waals surface area contributed by atoms with Gasteiger partial charge in [0.15, 0.2) is 12.4 Å². The third kappa shape index (κ3) is 6.11. The summed E-state index contributed by atoms with van der Waals surface area (Å²) >= 11 is 0. The molecule has 2 fully saturated rings. The third-order valence-corrected chi connectivity index (χ3v) is 7.31. The smallest absolute Gasteiger partial charge is 0.305 e. The van der Waals surface area contributed by atoms with E-state index in [0.29, 0.717) is 18.8 Å². The Hall–Kier alpha value is -3.25. The van der Waals surface area contributed by atoms with Gasteiger partial charge in [-0.2, -0.15) is 0 Å². The lowest BCUT2D eigenvalue weighted by Gasteiger charge is -2.38. The lowest BCUT2D eigenvalue weighted by molar-refractivity contribution is -0.140. The van der Waals surface area contributed by atoms with Gasteiger partial charge in [0.05, 0.1) is 19.8 Å². The fourth-order valence-electron chi connectivity index (χ4n) is 5.47. The van der Waals surface area contributed by atoms with Gasteiger partial charge in [-0.05, 0) is 67.5 Å². The SMILES string of the molecule is COC(=O)CCC/C=C\C[C@H]1[C@H](/C=C/C(=O)COc2ccccc2)[C@@H]2C[C@@]1(c1ccc(F)cc1)CO2. The molecule has 0 radical (unpaired) electrons. The molecule has 1 heterocycles. The Morgan fingerprint density at radius 3 is 2.64 bits per heavy atom. The van der Waals surface area contributed by atoms with E-state index in [9.17, 15) is 14.0 Å². The first kappa shape index (κ1) is 25.8. The molecule has 2 aliphatic rings. The van der Waals surface area contributed by atoms with E-state index >= 15 is 0 Å². The molecule has 4 rings (SSSR count). The van der Waals surface area contributed by atoms with Crippen LogP contribution in [0.5, 0.6) is 5.75 Å². The molecule has 0 spiro atoms. The Labute approximate surface area is 211 Å². The number of halogens is 1. The van der Waals surface area contributed by atoms with Crippen molar-refractivity contribution in [3.05, 3.63) is 90.3 Å². The fraction of sp³-hybridized carbons (Fsp3) is 0.400. The minimum atomic E-state index is -0.258. The Bertz CT molecular complexity index is 1080. The van der Waals surface area contributed by atoms with Crippen molar-refractivity contribution in [3.8, 4) is 5.75 Å². The van der Waals surface area contributed by atoms with Crippen LogP contribution in [0.25, 0.3) is 0 Å². The predicted molar refractivity (Wildman–Crippen MR) is 135 cm³/mol. The molecule has 2 aromatic rings. The monoisotopic (exact) mass is 492 g/mol. The van der Waals surface area contributed by atoms with E-state index < -0.39 is 0 Å². The second kappa shape index (κ2) is 12.1. The molecule has 4 atom stereocenters. The number of unbranched alkanes of at least 4 members (excludes halogenated alkanes) is 1. The molecule has 36 heavy (non-hydrogen) atoms. The summed E-state index contributed by atoms with van der Waals surface area (Å²) in [5.41, 5.74) is 0.845. The molecule has 190 valence electrons. The van der Waals surface area contributed by atoms with Gasteiger partial charge in [0.1, 0.15) is 11.6 Å². The number of hydrogen-bond acceptors (Lipinski definition) is 5. The summed E-state index contributed by atoms with van der Waals surface area (Å²) < 4.78 is 30.1. The average Bonchev–Trinajstić information content (AvgIpc) is 3.47. The summed E-state index contributed by atoms with van der Waals surface area (Å²) in [7, 11) is 1.40. The van der Waals surface area contributed by atoms with Crippen molar-refractivity contribution >= 4 is 11.8 Å². The molecule has 0 unspecified atom stereocenters. The highest BCUT2D eigenvalue weighted by atomic mass is 19.1. The molecular formula is C30H33FO5. The van der Waals surface area contributed by atoms with E-state index in [0.717, 1.165) is 31.2 Å². The van der Waals surface area contributed by atoms with Gasteiger partial charge in [-0.1, -0.05) is 48.6 Å². The van der Waals surface area contributed by atoms with Crippen molar-refractivity contribution in [2.75, 3.05) is 20.3 Å². The molecule has 1 saturated carbocycles. The number of methoxy groups -OCH3 is 1. The van der Waals surface area contributed by atoms with E-state index in [1.165, 1.54) is 19.2 Å². The second-order valence-electron chi connectivity index (χ2n) is 9.50. The molecule has 1 aliphatic carbocycles. The third-order valence-electron chi connectivity index (χ3n) is 7.31. The summed E-state index contributed by atoms with van der Waals surface area (Å²) in [6.45, 7) is 0.562. The van der Waals surface area contributed by atoms with E-state index in [4.69, 9.17) is 14.2 Å². The van der Waals surface area contributed by atoms with Crippen molar-refractivity contribution in [2.24, 2.45) is 11.8 Å². The standard InChI is InChI=1S/C30H33FO5/c1-34-29(33)12-8-3-2-7-11-27-26(18-17-24(32)20-35-25-9-5-4-6-10-25)28-19-30(27,21-36-28)22-13-15-23(31)16-14-22/h2,4-7,9-10,13-18,26-28H,3,8,11-12,19-21H2,1H3/b7-2-,18-17+/t26-,27-,28-,30-/m0/s1. The summed E-state index contributed by atoms with van der Waals surface area (Å²) in [4.78, 5) is 23.9. The van der Waals surface area contributed by atoms with Crippen LogP contribution in [0, 0.1) is 17.7 Å². The summed E-state index contributed by atoms with van der Waals surface area (Å²) in [5.74, 6) is 0.366. The molecule has 0 aromatic heterocycles. The number of benzene rings is 2. The first-order valence-corrected chi connectivity index (χ1v) is 12.5. The van der Waals surface area contributed by atoms with E-state index in [-0.39, 0.29) is 47.5 Å². The molecule has 0 amide bonds. The van der Waals surface area contributed by atoms with Crippen LogP contribution in [-0.2, 0) is 24.5 Å². The molecule has 5 nitrogen and oxygen atoms in total. The predicted octanol–water partition coefficient (Wildman–Crippen LogP) is 5.59. The second-order valence-corrected chi connectivity index (χ2v) is 9.50. The number of ether oxygens (including phenoxy) is 3. The zero-order valence-corrected chi connectivity index (χ0v) is 20.6. The zero-order chi connectivity index (χ0) is 25.4. The first-order valence-electron chi connectivity index (χ1n) is 12.5. The van der Waals surface area contributed by atoms with E-state index in [2.05, 4.69) is 12.2 Å². The molecule has 2 bridgehead atoms. The zero-order valence-electron chi connectivity index (χ0n) is 20.6. The largest absolute Gasteiger partial charge is 0.485 e. The average molecular weight is 493 g/mol. The van der Waals surface area contributed by atoms with Crippen molar-refractivity contribution in [3.63, 3.8) is 0 Å². The normalized spacial score (nSPS) is 25.0. The van der Waals surface area contributed by atoms with Crippen molar-refractivity contribution in [1.82, 2.24) is 0 Å². The van der Waals surface area contributed by atoms with E-state index in [1.54, 1.807) is 6.08 Å². The molecule has 1 saturated heterocycles. The van der Waals surface area contributed by atoms with Gasteiger partial charge in [0.2, 0.25) is 0 Å². The van der Waals surface area contributed by atoms with Crippen LogP contribution in [0.2, 0.25) is 0 Å². The minimum absolute atomic E-state index is 0.00636. The fourth-order valence-corrected chi connectivity index (χ4v) is 5.47. The highest BCUT2D eigenvalue weighted by Crippen LogP contribution is 2.57. The van der Waals surface area contributed by atoms with E-state index in [1.807, 2.05) is 48.5 Å². The van der Waals surface area contributed by atoms with Crippen LogP contribution < -0.4 is 4.74 Å². The van der Waals surface area contributed by atoms with Crippen LogP contribution in [0.4, 0.5) is 4.39 Å². The van der Waals surface area contributed by atoms with Crippen LogP contribution in [-0.4, -0.2) is 38.2 Å². The lowest BCUT2D eigenvalue weighted by atomic mass is 9.69. The molecular weight excluding hydrogens is 459 g/mol. The van der Waals surface area contributed by atoms with Gasteiger partial charge in [0.25, 0.3) is 0 Å². The first-order chi connectivity index (χ1) is 17.5. The van der Waals surface area contributed by atoms with Gasteiger partial charge < -0.3 is 14.2 Å². The van der Waals surface area contributed by atoms with Crippen LogP contribution in [0.1, 0.15) is 37.7 Å². The Kier molecular flexibility index (Phi) is 8.70.